The molecule has 1 fully saturated rings. The van der Waals surface area contributed by atoms with E-state index in [2.05, 4.69) is 10.1 Å². The fourth-order valence-electron chi connectivity index (χ4n) is 1.20. The summed E-state index contributed by atoms with van der Waals surface area (Å²) in [6.45, 7) is 0.732. The van der Waals surface area contributed by atoms with Gasteiger partial charge in [0.1, 0.15) is 6.04 Å². The third kappa shape index (κ3) is 2.62. The van der Waals surface area contributed by atoms with Crippen molar-refractivity contribution in [2.45, 2.75) is 18.6 Å². The molecule has 5 heteroatoms. The van der Waals surface area contributed by atoms with E-state index in [1.54, 1.807) is 7.11 Å². The highest BCUT2D eigenvalue weighted by atomic mass is 35.5. The van der Waals surface area contributed by atoms with E-state index in [0.717, 1.165) is 6.54 Å². The highest BCUT2D eigenvalue weighted by Crippen LogP contribution is 2.09. The van der Waals surface area contributed by atoms with E-state index < -0.39 is 0 Å². The number of carbonyl (C=O) groups is 1. The van der Waals surface area contributed by atoms with Crippen LogP contribution in [-0.2, 0) is 14.3 Å². The SMILES string of the molecule is COC(=O)C1CC(OC)CN1.Cl. The van der Waals surface area contributed by atoms with Gasteiger partial charge in [-0.2, -0.15) is 0 Å². The summed E-state index contributed by atoms with van der Waals surface area (Å²) in [6, 6.07) is -0.176. The molecule has 0 bridgehead atoms. The Morgan fingerprint density at radius 3 is 2.58 bits per heavy atom. The van der Waals surface area contributed by atoms with Gasteiger partial charge < -0.3 is 14.8 Å². The first kappa shape index (κ1) is 11.7. The molecule has 0 aliphatic carbocycles. The lowest BCUT2D eigenvalue weighted by atomic mass is 10.2. The van der Waals surface area contributed by atoms with Crippen molar-refractivity contribution in [1.82, 2.24) is 5.32 Å². The van der Waals surface area contributed by atoms with Crippen molar-refractivity contribution in [2.24, 2.45) is 0 Å². The average molecular weight is 196 g/mol. The molecule has 2 atom stereocenters. The summed E-state index contributed by atoms with van der Waals surface area (Å²) in [5, 5.41) is 3.01. The van der Waals surface area contributed by atoms with Crippen molar-refractivity contribution < 1.29 is 14.3 Å². The van der Waals surface area contributed by atoms with Gasteiger partial charge in [0.2, 0.25) is 0 Å². The number of ether oxygens (including phenoxy) is 2. The molecule has 0 amide bonds. The minimum atomic E-state index is -0.204. The van der Waals surface area contributed by atoms with Gasteiger partial charge in [0.15, 0.2) is 0 Å². The second-order valence-electron chi connectivity index (χ2n) is 2.58. The summed E-state index contributed by atoms with van der Waals surface area (Å²) >= 11 is 0. The Morgan fingerprint density at radius 2 is 2.17 bits per heavy atom. The highest BCUT2D eigenvalue weighted by molar-refractivity contribution is 5.85. The molecule has 12 heavy (non-hydrogen) atoms. The zero-order chi connectivity index (χ0) is 8.27. The average Bonchev–Trinajstić information content (AvgIpc) is 2.50. The van der Waals surface area contributed by atoms with Gasteiger partial charge in [-0.25, -0.2) is 0 Å². The maximum Gasteiger partial charge on any atom is 0.322 e. The van der Waals surface area contributed by atoms with Crippen molar-refractivity contribution in [3.8, 4) is 0 Å². The van der Waals surface area contributed by atoms with Crippen LogP contribution in [0.1, 0.15) is 6.42 Å². The molecule has 2 unspecified atom stereocenters. The van der Waals surface area contributed by atoms with Crippen LogP contribution in [0.4, 0.5) is 0 Å². The van der Waals surface area contributed by atoms with Crippen LogP contribution in [0.15, 0.2) is 0 Å². The molecule has 0 spiro atoms. The predicted molar refractivity (Wildman–Crippen MR) is 46.5 cm³/mol. The zero-order valence-corrected chi connectivity index (χ0v) is 8.02. The highest BCUT2D eigenvalue weighted by Gasteiger charge is 2.29. The Bertz CT molecular complexity index is 154. The number of hydrogen-bond donors (Lipinski definition) is 1. The third-order valence-corrected chi connectivity index (χ3v) is 1.91. The van der Waals surface area contributed by atoms with Crippen molar-refractivity contribution in [2.75, 3.05) is 20.8 Å². The van der Waals surface area contributed by atoms with Crippen molar-refractivity contribution in [1.29, 1.82) is 0 Å². The second kappa shape index (κ2) is 5.35. The number of hydrogen-bond acceptors (Lipinski definition) is 4. The van der Waals surface area contributed by atoms with E-state index in [1.807, 2.05) is 0 Å². The summed E-state index contributed by atoms with van der Waals surface area (Å²) in [7, 11) is 3.04. The number of carbonyl (C=O) groups excluding carboxylic acids is 1. The van der Waals surface area contributed by atoms with Crippen LogP contribution in [0, 0.1) is 0 Å². The van der Waals surface area contributed by atoms with Gasteiger partial charge in [-0.3, -0.25) is 4.79 Å². The first-order chi connectivity index (χ1) is 5.27. The molecule has 72 valence electrons. The Balaban J connectivity index is 0.00000121. The molecule has 1 heterocycles. The van der Waals surface area contributed by atoms with E-state index in [1.165, 1.54) is 7.11 Å². The molecule has 1 saturated heterocycles. The lowest BCUT2D eigenvalue weighted by Gasteiger charge is -2.06. The summed E-state index contributed by atoms with van der Waals surface area (Å²) in [6.07, 6.45) is 0.863. The van der Waals surface area contributed by atoms with Crippen LogP contribution in [0.25, 0.3) is 0 Å². The van der Waals surface area contributed by atoms with Gasteiger partial charge in [-0.1, -0.05) is 0 Å². The van der Waals surface area contributed by atoms with Gasteiger partial charge in [-0.05, 0) is 0 Å². The van der Waals surface area contributed by atoms with E-state index in [4.69, 9.17) is 4.74 Å². The fourth-order valence-corrected chi connectivity index (χ4v) is 1.20. The molecular formula is C7H14ClNO3. The van der Waals surface area contributed by atoms with E-state index in [-0.39, 0.29) is 30.5 Å². The molecule has 1 aliphatic heterocycles. The first-order valence-electron chi connectivity index (χ1n) is 3.62. The van der Waals surface area contributed by atoms with Crippen LogP contribution in [0.2, 0.25) is 0 Å². The summed E-state index contributed by atoms with van der Waals surface area (Å²) in [5.74, 6) is -0.204. The van der Waals surface area contributed by atoms with E-state index in [9.17, 15) is 4.79 Å². The van der Waals surface area contributed by atoms with E-state index in [0.29, 0.717) is 6.42 Å². The smallest absolute Gasteiger partial charge is 0.322 e. The van der Waals surface area contributed by atoms with Gasteiger partial charge in [-0.15, -0.1) is 12.4 Å². The minimum Gasteiger partial charge on any atom is -0.468 e. The van der Waals surface area contributed by atoms with Crippen molar-refractivity contribution in [3.05, 3.63) is 0 Å². The standard InChI is InChI=1S/C7H13NO3.ClH/c1-10-5-3-6(8-4-5)7(9)11-2;/h5-6,8H,3-4H2,1-2H3;1H. The lowest BCUT2D eigenvalue weighted by Crippen LogP contribution is -2.31. The van der Waals surface area contributed by atoms with Gasteiger partial charge in [0.25, 0.3) is 0 Å². The number of methoxy groups -OCH3 is 2. The zero-order valence-electron chi connectivity index (χ0n) is 7.20. The molecule has 1 aliphatic rings. The maximum atomic E-state index is 10.9. The number of nitrogens with one attached hydrogen (secondary N) is 1. The van der Waals surface area contributed by atoms with E-state index >= 15 is 0 Å². The third-order valence-electron chi connectivity index (χ3n) is 1.91. The summed E-state index contributed by atoms with van der Waals surface area (Å²) < 4.78 is 9.64. The van der Waals surface area contributed by atoms with Crippen LogP contribution in [-0.4, -0.2) is 38.9 Å². The Hall–Kier alpha value is -0.320. The normalized spacial score (nSPS) is 27.8. The van der Waals surface area contributed by atoms with Gasteiger partial charge in [0.05, 0.1) is 13.2 Å². The molecule has 4 nitrogen and oxygen atoms in total. The van der Waals surface area contributed by atoms with Crippen LogP contribution in [0.5, 0.6) is 0 Å². The fraction of sp³-hybridized carbons (Fsp3) is 0.857. The number of halogens is 1. The summed E-state index contributed by atoms with van der Waals surface area (Å²) in [4.78, 5) is 10.9. The Labute approximate surface area is 78.0 Å². The Morgan fingerprint density at radius 1 is 1.50 bits per heavy atom. The van der Waals surface area contributed by atoms with Crippen LogP contribution < -0.4 is 5.32 Å². The monoisotopic (exact) mass is 195 g/mol. The molecular weight excluding hydrogens is 182 g/mol. The van der Waals surface area contributed by atoms with Gasteiger partial charge in [0, 0.05) is 20.1 Å². The van der Waals surface area contributed by atoms with Crippen LogP contribution >= 0.6 is 12.4 Å². The molecule has 0 aromatic rings. The molecule has 0 aromatic heterocycles. The number of rotatable bonds is 2. The quantitative estimate of drug-likeness (QED) is 0.629. The largest absolute Gasteiger partial charge is 0.468 e. The minimum absolute atomic E-state index is 0. The molecule has 0 saturated carbocycles. The van der Waals surface area contributed by atoms with Crippen molar-refractivity contribution in [3.63, 3.8) is 0 Å². The molecule has 1 rings (SSSR count). The van der Waals surface area contributed by atoms with Crippen molar-refractivity contribution >= 4 is 18.4 Å². The van der Waals surface area contributed by atoms with Crippen LogP contribution in [0.3, 0.4) is 0 Å². The predicted octanol–water partition coefficient (Wildman–Crippen LogP) is -0.0419. The topological polar surface area (TPSA) is 47.6 Å². The Kier molecular flexibility index (Phi) is 5.20. The maximum absolute atomic E-state index is 10.9. The molecule has 0 aromatic carbocycles. The van der Waals surface area contributed by atoms with Gasteiger partial charge >= 0.3 is 5.97 Å². The second-order valence-corrected chi connectivity index (χ2v) is 2.58. The number of esters is 1. The summed E-state index contributed by atoms with van der Waals surface area (Å²) in [5.41, 5.74) is 0. The first-order valence-corrected chi connectivity index (χ1v) is 3.62. The molecule has 1 N–H and O–H groups in total. The molecule has 0 radical (unpaired) electrons. The lowest BCUT2D eigenvalue weighted by molar-refractivity contribution is -0.142.